The average Bonchev–Trinajstić information content (AvgIpc) is 3.41. The summed E-state index contributed by atoms with van der Waals surface area (Å²) in [5.41, 5.74) is 0.845. The topological polar surface area (TPSA) is 112 Å². The maximum Gasteiger partial charge on any atom is 0.332 e. The van der Waals surface area contributed by atoms with E-state index in [0.29, 0.717) is 25.4 Å². The molecule has 0 spiro atoms. The highest BCUT2D eigenvalue weighted by atomic mass is 32.2. The molecule has 1 unspecified atom stereocenters. The van der Waals surface area contributed by atoms with Gasteiger partial charge in [-0.15, -0.1) is 0 Å². The van der Waals surface area contributed by atoms with Crippen LogP contribution in [-0.2, 0) is 35.4 Å². The number of carbonyl (C=O) groups is 1. The summed E-state index contributed by atoms with van der Waals surface area (Å²) in [5.74, 6) is -0.0895. The van der Waals surface area contributed by atoms with E-state index in [9.17, 15) is 18.3 Å². The number of aliphatic hydroxyl groups is 1. The van der Waals surface area contributed by atoms with Crippen LogP contribution in [0.1, 0.15) is 25.8 Å². The highest BCUT2D eigenvalue weighted by Crippen LogP contribution is 2.22. The van der Waals surface area contributed by atoms with Crippen molar-refractivity contribution >= 4 is 16.0 Å². The number of sulfonamides is 1. The van der Waals surface area contributed by atoms with Crippen LogP contribution in [0.25, 0.3) is 0 Å². The van der Waals surface area contributed by atoms with Gasteiger partial charge >= 0.3 is 5.97 Å². The van der Waals surface area contributed by atoms with E-state index in [4.69, 9.17) is 18.9 Å². The molecule has 10 heteroatoms. The van der Waals surface area contributed by atoms with E-state index in [1.54, 1.807) is 12.1 Å². The number of rotatable bonds is 14. The summed E-state index contributed by atoms with van der Waals surface area (Å²) in [6.07, 6.45) is -1.49. The molecule has 3 atom stereocenters. The molecule has 0 aliphatic carbocycles. The van der Waals surface area contributed by atoms with Crippen LogP contribution < -0.4 is 4.74 Å². The first-order valence-corrected chi connectivity index (χ1v) is 13.9. The van der Waals surface area contributed by atoms with E-state index in [2.05, 4.69) is 0 Å². The Morgan fingerprint density at radius 3 is 2.41 bits per heavy atom. The van der Waals surface area contributed by atoms with E-state index >= 15 is 0 Å². The van der Waals surface area contributed by atoms with Gasteiger partial charge in [-0.25, -0.2) is 13.2 Å². The fourth-order valence-electron chi connectivity index (χ4n) is 4.04. The largest absolute Gasteiger partial charge is 0.497 e. The van der Waals surface area contributed by atoms with E-state index in [1.165, 1.54) is 23.5 Å². The first-order valence-electron chi connectivity index (χ1n) is 12.4. The molecule has 0 saturated carbocycles. The number of hydrogen-bond acceptors (Lipinski definition) is 8. The number of hydrogen-bond donors (Lipinski definition) is 1. The van der Waals surface area contributed by atoms with Crippen LogP contribution in [-0.4, -0.2) is 82.1 Å². The Bertz CT molecular complexity index is 1070. The zero-order valence-electron chi connectivity index (χ0n) is 21.6. The molecule has 2 aromatic rings. The van der Waals surface area contributed by atoms with Gasteiger partial charge in [0, 0.05) is 26.1 Å². The van der Waals surface area contributed by atoms with Crippen LogP contribution in [0.15, 0.2) is 59.5 Å². The first-order chi connectivity index (χ1) is 17.7. The summed E-state index contributed by atoms with van der Waals surface area (Å²) in [7, 11) is -2.43. The van der Waals surface area contributed by atoms with Crippen LogP contribution in [0.3, 0.4) is 0 Å². The highest BCUT2D eigenvalue weighted by molar-refractivity contribution is 7.89. The molecule has 0 aromatic heterocycles. The Kier molecular flexibility index (Phi) is 10.9. The lowest BCUT2D eigenvalue weighted by Gasteiger charge is -2.30. The number of ether oxygens (including phenoxy) is 4. The predicted molar refractivity (Wildman–Crippen MR) is 138 cm³/mol. The summed E-state index contributed by atoms with van der Waals surface area (Å²) in [6, 6.07) is 15.4. The van der Waals surface area contributed by atoms with Gasteiger partial charge in [0.1, 0.15) is 24.6 Å². The van der Waals surface area contributed by atoms with Crippen molar-refractivity contribution in [2.75, 3.05) is 40.0 Å². The molecule has 9 nitrogen and oxygen atoms in total. The normalized spacial score (nSPS) is 17.6. The lowest BCUT2D eigenvalue weighted by atomic mass is 10.0. The molecule has 1 fully saturated rings. The summed E-state index contributed by atoms with van der Waals surface area (Å²) < 4.78 is 49.8. The van der Waals surface area contributed by atoms with E-state index in [0.717, 1.165) is 5.56 Å². The molecule has 0 bridgehead atoms. The minimum Gasteiger partial charge on any atom is -0.497 e. The van der Waals surface area contributed by atoms with Crippen molar-refractivity contribution in [3.05, 3.63) is 60.2 Å². The molecular formula is C27H37NO8S. The van der Waals surface area contributed by atoms with Gasteiger partial charge in [-0.05, 0) is 42.2 Å². The lowest BCUT2D eigenvalue weighted by Crippen LogP contribution is -2.46. The second-order valence-electron chi connectivity index (χ2n) is 9.47. The van der Waals surface area contributed by atoms with Gasteiger partial charge in [0.05, 0.1) is 24.7 Å². The molecular weight excluding hydrogens is 498 g/mol. The van der Waals surface area contributed by atoms with E-state index in [-0.39, 0.29) is 43.0 Å². The number of nitrogens with zero attached hydrogens (tertiary/aromatic N) is 1. The standard InChI is InChI=1S/C27H37NO8S/c1-20(2)16-28(37(31,32)24-11-9-22(33-3)10-12-24)17-25(29)26(15-21-7-5-4-6-8-21)36-27(30)19-35-23-13-14-34-18-23/h4-12,20,23,25-26,29H,13-19H2,1-3H3/t23-,25?,26+/m1/s1. The third-order valence-electron chi connectivity index (χ3n) is 5.97. The summed E-state index contributed by atoms with van der Waals surface area (Å²) in [6.45, 7) is 4.48. The zero-order chi connectivity index (χ0) is 26.8. The Hall–Kier alpha value is -2.50. The summed E-state index contributed by atoms with van der Waals surface area (Å²) in [4.78, 5) is 12.7. The van der Waals surface area contributed by atoms with Crippen molar-refractivity contribution in [1.29, 1.82) is 0 Å². The zero-order valence-corrected chi connectivity index (χ0v) is 22.4. The number of aliphatic hydroxyl groups excluding tert-OH is 1. The molecule has 1 aliphatic rings. The van der Waals surface area contributed by atoms with Gasteiger partial charge in [0.15, 0.2) is 0 Å². The van der Waals surface area contributed by atoms with Gasteiger partial charge in [-0.2, -0.15) is 4.31 Å². The Morgan fingerprint density at radius 2 is 1.81 bits per heavy atom. The Labute approximate surface area is 219 Å². The SMILES string of the molecule is COc1ccc(S(=O)(=O)N(CC(C)C)CC(O)[C@H](Cc2ccccc2)OC(=O)CO[C@@H]2CCOC2)cc1. The maximum atomic E-state index is 13.5. The molecule has 0 radical (unpaired) electrons. The quantitative estimate of drug-likeness (QED) is 0.368. The van der Waals surface area contributed by atoms with Crippen LogP contribution in [0, 0.1) is 5.92 Å². The number of esters is 1. The molecule has 1 aliphatic heterocycles. The smallest absolute Gasteiger partial charge is 0.332 e. The van der Waals surface area contributed by atoms with Gasteiger partial charge in [0.2, 0.25) is 10.0 Å². The minimum absolute atomic E-state index is 0.00243. The monoisotopic (exact) mass is 535 g/mol. The minimum atomic E-state index is -3.93. The van der Waals surface area contributed by atoms with Crippen LogP contribution in [0.5, 0.6) is 5.75 Å². The fraction of sp³-hybridized carbons (Fsp3) is 0.519. The van der Waals surface area contributed by atoms with Crippen molar-refractivity contribution in [2.45, 2.75) is 49.9 Å². The molecule has 1 saturated heterocycles. The van der Waals surface area contributed by atoms with Gasteiger partial charge in [0.25, 0.3) is 0 Å². The number of methoxy groups -OCH3 is 1. The average molecular weight is 536 g/mol. The second-order valence-corrected chi connectivity index (χ2v) is 11.4. The highest BCUT2D eigenvalue weighted by Gasteiger charge is 2.32. The predicted octanol–water partition coefficient (Wildman–Crippen LogP) is 2.66. The Balaban J connectivity index is 1.77. The molecule has 1 N–H and O–H groups in total. The lowest BCUT2D eigenvalue weighted by molar-refractivity contribution is -0.162. The first kappa shape index (κ1) is 29.1. The van der Waals surface area contributed by atoms with Gasteiger partial charge < -0.3 is 24.1 Å². The third-order valence-corrected chi connectivity index (χ3v) is 7.82. The van der Waals surface area contributed by atoms with Crippen molar-refractivity contribution < 1.29 is 37.3 Å². The van der Waals surface area contributed by atoms with Crippen molar-refractivity contribution in [3.8, 4) is 5.75 Å². The molecule has 204 valence electrons. The third kappa shape index (κ3) is 8.79. The van der Waals surface area contributed by atoms with Crippen LogP contribution in [0.2, 0.25) is 0 Å². The van der Waals surface area contributed by atoms with Crippen molar-refractivity contribution in [3.63, 3.8) is 0 Å². The number of benzene rings is 2. The van der Waals surface area contributed by atoms with E-state index in [1.807, 2.05) is 44.2 Å². The van der Waals surface area contributed by atoms with Gasteiger partial charge in [-0.1, -0.05) is 44.2 Å². The van der Waals surface area contributed by atoms with Crippen molar-refractivity contribution in [2.24, 2.45) is 5.92 Å². The molecule has 3 rings (SSSR count). The van der Waals surface area contributed by atoms with Crippen LogP contribution >= 0.6 is 0 Å². The maximum absolute atomic E-state index is 13.5. The second kappa shape index (κ2) is 13.9. The Morgan fingerprint density at radius 1 is 1.11 bits per heavy atom. The summed E-state index contributed by atoms with van der Waals surface area (Å²) in [5, 5.41) is 11.2. The fourth-order valence-corrected chi connectivity index (χ4v) is 5.66. The summed E-state index contributed by atoms with van der Waals surface area (Å²) >= 11 is 0. The molecule has 0 amide bonds. The van der Waals surface area contributed by atoms with Crippen LogP contribution in [0.4, 0.5) is 0 Å². The molecule has 1 heterocycles. The molecule has 37 heavy (non-hydrogen) atoms. The molecule has 2 aromatic carbocycles. The van der Waals surface area contributed by atoms with Crippen molar-refractivity contribution in [1.82, 2.24) is 4.31 Å². The van der Waals surface area contributed by atoms with Gasteiger partial charge in [-0.3, -0.25) is 0 Å². The number of carbonyl (C=O) groups excluding carboxylic acids is 1. The van der Waals surface area contributed by atoms with E-state index < -0.39 is 28.2 Å².